The lowest BCUT2D eigenvalue weighted by Gasteiger charge is -2.12. The number of amides is 1. The van der Waals surface area contributed by atoms with Gasteiger partial charge < -0.3 is 9.50 Å². The van der Waals surface area contributed by atoms with Crippen molar-refractivity contribution >= 4 is 27.4 Å². The summed E-state index contributed by atoms with van der Waals surface area (Å²) in [6.45, 7) is 7.84. The molecule has 0 spiro atoms. The number of rotatable bonds is 7. The van der Waals surface area contributed by atoms with Gasteiger partial charge in [0, 0.05) is 18.3 Å². The third-order valence-electron chi connectivity index (χ3n) is 3.71. The molecule has 0 fully saturated rings. The standard InChI is InChI=1S/C18H23NO4S2/c1-12(2)15-6-5-13(3)17(11-15)23-25(21,22)18-8-7-16(24-18)9-10-19-14(4)20/h5-8,11-12H,9-10H2,1-4H3,(H,19,20). The van der Waals surface area contributed by atoms with Crippen molar-refractivity contribution in [2.75, 3.05) is 6.54 Å². The molecule has 0 atom stereocenters. The van der Waals surface area contributed by atoms with Gasteiger partial charge >= 0.3 is 10.1 Å². The van der Waals surface area contributed by atoms with Gasteiger partial charge in [-0.3, -0.25) is 4.79 Å². The van der Waals surface area contributed by atoms with Crippen LogP contribution in [-0.2, 0) is 21.3 Å². The van der Waals surface area contributed by atoms with Gasteiger partial charge in [0.15, 0.2) is 4.21 Å². The number of hydrogen-bond donors (Lipinski definition) is 1. The fourth-order valence-electron chi connectivity index (χ4n) is 2.21. The van der Waals surface area contributed by atoms with E-state index < -0.39 is 10.1 Å². The van der Waals surface area contributed by atoms with Gasteiger partial charge in [0.05, 0.1) is 0 Å². The van der Waals surface area contributed by atoms with Gasteiger partial charge in [-0.15, -0.1) is 11.3 Å². The Morgan fingerprint density at radius 2 is 1.96 bits per heavy atom. The Kier molecular flexibility index (Phi) is 6.24. The smallest absolute Gasteiger partial charge is 0.348 e. The largest absolute Gasteiger partial charge is 0.378 e. The highest BCUT2D eigenvalue weighted by Gasteiger charge is 2.21. The molecule has 2 aromatic rings. The number of carbonyl (C=O) groups is 1. The Morgan fingerprint density at radius 3 is 2.60 bits per heavy atom. The monoisotopic (exact) mass is 381 g/mol. The fourth-order valence-corrected chi connectivity index (χ4v) is 4.51. The van der Waals surface area contributed by atoms with E-state index in [4.69, 9.17) is 4.18 Å². The summed E-state index contributed by atoms with van der Waals surface area (Å²) in [6.07, 6.45) is 0.585. The Balaban J connectivity index is 2.16. The van der Waals surface area contributed by atoms with Crippen LogP contribution >= 0.6 is 11.3 Å². The molecule has 2 rings (SSSR count). The molecule has 0 saturated heterocycles. The van der Waals surface area contributed by atoms with Crippen LogP contribution in [0.2, 0.25) is 0 Å². The molecule has 136 valence electrons. The third-order valence-corrected chi connectivity index (χ3v) is 6.54. The van der Waals surface area contributed by atoms with Gasteiger partial charge in [-0.05, 0) is 48.6 Å². The summed E-state index contributed by atoms with van der Waals surface area (Å²) in [5, 5.41) is 2.69. The molecule has 25 heavy (non-hydrogen) atoms. The van der Waals surface area contributed by atoms with Crippen molar-refractivity contribution in [3.63, 3.8) is 0 Å². The molecule has 5 nitrogen and oxygen atoms in total. The summed E-state index contributed by atoms with van der Waals surface area (Å²) in [5.41, 5.74) is 1.80. The maximum absolute atomic E-state index is 12.5. The van der Waals surface area contributed by atoms with E-state index in [1.54, 1.807) is 18.2 Å². The second-order valence-electron chi connectivity index (χ2n) is 6.17. The first-order chi connectivity index (χ1) is 11.7. The lowest BCUT2D eigenvalue weighted by molar-refractivity contribution is -0.118. The first-order valence-corrected chi connectivity index (χ1v) is 10.3. The Morgan fingerprint density at radius 1 is 1.24 bits per heavy atom. The predicted octanol–water partition coefficient (Wildman–Crippen LogP) is 3.63. The highest BCUT2D eigenvalue weighted by atomic mass is 32.3. The van der Waals surface area contributed by atoms with Crippen molar-refractivity contribution in [3.05, 3.63) is 46.3 Å². The molecule has 0 unspecified atom stereocenters. The van der Waals surface area contributed by atoms with Gasteiger partial charge in [-0.2, -0.15) is 8.42 Å². The van der Waals surface area contributed by atoms with E-state index in [9.17, 15) is 13.2 Å². The highest BCUT2D eigenvalue weighted by molar-refractivity contribution is 7.89. The van der Waals surface area contributed by atoms with Crippen LogP contribution in [0.5, 0.6) is 5.75 Å². The van der Waals surface area contributed by atoms with E-state index in [-0.39, 0.29) is 16.0 Å². The number of hydrogen-bond acceptors (Lipinski definition) is 5. The van der Waals surface area contributed by atoms with Crippen molar-refractivity contribution in [3.8, 4) is 5.75 Å². The van der Waals surface area contributed by atoms with E-state index in [0.717, 1.165) is 27.3 Å². The maximum atomic E-state index is 12.5. The molecule has 1 N–H and O–H groups in total. The molecular formula is C18H23NO4S2. The van der Waals surface area contributed by atoms with Crippen LogP contribution in [-0.4, -0.2) is 20.9 Å². The highest BCUT2D eigenvalue weighted by Crippen LogP contribution is 2.29. The molecule has 1 heterocycles. The van der Waals surface area contributed by atoms with Gasteiger partial charge in [0.25, 0.3) is 0 Å². The molecule has 1 aromatic carbocycles. The number of benzene rings is 1. The van der Waals surface area contributed by atoms with Gasteiger partial charge in [-0.1, -0.05) is 26.0 Å². The number of aryl methyl sites for hydroxylation is 1. The van der Waals surface area contributed by atoms with Crippen LogP contribution in [0.15, 0.2) is 34.5 Å². The zero-order valence-corrected chi connectivity index (χ0v) is 16.5. The number of carbonyl (C=O) groups excluding carboxylic acids is 1. The number of nitrogens with one attached hydrogen (secondary N) is 1. The molecule has 0 aliphatic heterocycles. The van der Waals surface area contributed by atoms with E-state index in [1.165, 1.54) is 6.92 Å². The summed E-state index contributed by atoms with van der Waals surface area (Å²) >= 11 is 1.16. The molecule has 0 saturated carbocycles. The summed E-state index contributed by atoms with van der Waals surface area (Å²) in [4.78, 5) is 11.8. The molecule has 7 heteroatoms. The second-order valence-corrected chi connectivity index (χ2v) is 9.11. The van der Waals surface area contributed by atoms with Gasteiger partial charge in [0.1, 0.15) is 5.75 Å². The Bertz CT molecular complexity index is 854. The summed E-state index contributed by atoms with van der Waals surface area (Å²) in [7, 11) is -3.87. The first kappa shape index (κ1) is 19.5. The fraction of sp³-hybridized carbons (Fsp3) is 0.389. The molecule has 1 amide bonds. The zero-order chi connectivity index (χ0) is 18.6. The quantitative estimate of drug-likeness (QED) is 0.744. The van der Waals surface area contributed by atoms with Crippen LogP contribution < -0.4 is 9.50 Å². The Hall–Kier alpha value is -1.86. The minimum atomic E-state index is -3.87. The van der Waals surface area contributed by atoms with Crippen molar-refractivity contribution in [1.82, 2.24) is 5.32 Å². The topological polar surface area (TPSA) is 72.5 Å². The average Bonchev–Trinajstić information content (AvgIpc) is 2.98. The van der Waals surface area contributed by atoms with E-state index in [0.29, 0.717) is 18.7 Å². The minimum absolute atomic E-state index is 0.103. The minimum Gasteiger partial charge on any atom is -0.378 e. The molecule has 1 aromatic heterocycles. The predicted molar refractivity (Wildman–Crippen MR) is 99.8 cm³/mol. The summed E-state index contributed by atoms with van der Waals surface area (Å²) < 4.78 is 30.6. The summed E-state index contributed by atoms with van der Waals surface area (Å²) in [5.74, 6) is 0.542. The molecular weight excluding hydrogens is 358 g/mol. The SMILES string of the molecule is CC(=O)NCCc1ccc(S(=O)(=O)Oc2cc(C(C)C)ccc2C)s1. The van der Waals surface area contributed by atoms with Gasteiger partial charge in [-0.25, -0.2) is 0 Å². The number of thiophene rings is 1. The van der Waals surface area contributed by atoms with Crippen LogP contribution in [0.3, 0.4) is 0 Å². The lowest BCUT2D eigenvalue weighted by atomic mass is 10.0. The van der Waals surface area contributed by atoms with Crippen LogP contribution in [0.1, 0.15) is 42.7 Å². The van der Waals surface area contributed by atoms with Crippen LogP contribution in [0.4, 0.5) is 0 Å². The maximum Gasteiger partial charge on any atom is 0.348 e. The van der Waals surface area contributed by atoms with Gasteiger partial charge in [0.2, 0.25) is 5.91 Å². The Labute approximate surface area is 153 Å². The molecule has 0 aliphatic carbocycles. The van der Waals surface area contributed by atoms with Crippen LogP contribution in [0, 0.1) is 6.92 Å². The van der Waals surface area contributed by atoms with Crippen molar-refractivity contribution < 1.29 is 17.4 Å². The molecule has 0 aliphatic rings. The summed E-state index contributed by atoms with van der Waals surface area (Å²) in [6, 6.07) is 8.92. The second kappa shape index (κ2) is 8.01. The molecule has 0 bridgehead atoms. The van der Waals surface area contributed by atoms with Crippen molar-refractivity contribution in [2.45, 2.75) is 44.2 Å². The van der Waals surface area contributed by atoms with Crippen LogP contribution in [0.25, 0.3) is 0 Å². The third kappa shape index (κ3) is 5.31. The zero-order valence-electron chi connectivity index (χ0n) is 14.8. The van der Waals surface area contributed by atoms with E-state index in [1.807, 2.05) is 32.9 Å². The first-order valence-electron chi connectivity index (χ1n) is 8.07. The van der Waals surface area contributed by atoms with Crippen molar-refractivity contribution in [2.24, 2.45) is 0 Å². The average molecular weight is 382 g/mol. The van der Waals surface area contributed by atoms with Crippen molar-refractivity contribution in [1.29, 1.82) is 0 Å². The molecule has 0 radical (unpaired) electrons. The normalized spacial score (nSPS) is 11.6. The van der Waals surface area contributed by atoms with E-state index in [2.05, 4.69) is 5.32 Å². The van der Waals surface area contributed by atoms with E-state index >= 15 is 0 Å². The lowest BCUT2D eigenvalue weighted by Crippen LogP contribution is -2.22.